The Bertz CT molecular complexity index is 1190. The van der Waals surface area contributed by atoms with Gasteiger partial charge < -0.3 is 14.1 Å². The zero-order valence-electron chi connectivity index (χ0n) is 15.4. The molecule has 2 aliphatic rings. The van der Waals surface area contributed by atoms with E-state index in [-0.39, 0.29) is 23.2 Å². The molecule has 29 heavy (non-hydrogen) atoms. The maximum atomic E-state index is 13.4. The molecule has 0 bridgehead atoms. The van der Waals surface area contributed by atoms with Gasteiger partial charge in [-0.25, -0.2) is 0 Å². The number of carbonyl (C=O) groups excluding carboxylic acids is 1. The first kappa shape index (κ1) is 18.9. The maximum absolute atomic E-state index is 13.4. The van der Waals surface area contributed by atoms with Crippen LogP contribution in [0.25, 0.3) is 11.0 Å². The summed E-state index contributed by atoms with van der Waals surface area (Å²) in [4.78, 5) is 28.4. The zero-order valence-corrected chi connectivity index (χ0v) is 17.7. The molecule has 5 nitrogen and oxygen atoms in total. The lowest BCUT2D eigenvalue weighted by Crippen LogP contribution is -2.36. The maximum Gasteiger partial charge on any atom is 0.291 e. The summed E-state index contributed by atoms with van der Waals surface area (Å²) in [6.45, 7) is 1.09. The normalized spacial score (nSPS) is 21.2. The minimum atomic E-state index is -0.556. The Balaban J connectivity index is 1.72. The van der Waals surface area contributed by atoms with Gasteiger partial charge in [-0.1, -0.05) is 39.7 Å². The molecule has 0 radical (unpaired) electrons. The highest BCUT2D eigenvalue weighted by Gasteiger charge is 2.43. The van der Waals surface area contributed by atoms with Gasteiger partial charge in [0.25, 0.3) is 5.91 Å². The molecule has 0 N–H and O–H groups in total. The van der Waals surface area contributed by atoms with E-state index in [1.807, 2.05) is 12.1 Å². The molecule has 1 fully saturated rings. The number of benzene rings is 2. The van der Waals surface area contributed by atoms with Gasteiger partial charge in [0.15, 0.2) is 5.43 Å². The molecule has 148 valence electrons. The molecule has 0 aliphatic carbocycles. The number of ether oxygens (including phenoxy) is 1. The van der Waals surface area contributed by atoms with Crippen LogP contribution < -0.4 is 5.43 Å². The van der Waals surface area contributed by atoms with Gasteiger partial charge in [0.1, 0.15) is 5.58 Å². The number of rotatable bonds is 3. The highest BCUT2D eigenvalue weighted by Crippen LogP contribution is 2.39. The van der Waals surface area contributed by atoms with Crippen molar-refractivity contribution in [2.45, 2.75) is 25.0 Å². The summed E-state index contributed by atoms with van der Waals surface area (Å²) < 4.78 is 12.5. The number of fused-ring (bicyclic) bond motifs is 2. The van der Waals surface area contributed by atoms with Gasteiger partial charge in [-0.15, -0.1) is 0 Å². The van der Waals surface area contributed by atoms with Crippen molar-refractivity contribution in [3.05, 3.63) is 79.1 Å². The number of hydrogen-bond acceptors (Lipinski definition) is 4. The summed E-state index contributed by atoms with van der Waals surface area (Å²) in [6.07, 6.45) is 1.81. The Morgan fingerprint density at radius 1 is 1.17 bits per heavy atom. The number of halogens is 2. The van der Waals surface area contributed by atoms with Crippen molar-refractivity contribution >= 4 is 44.4 Å². The minimum absolute atomic E-state index is 0.0476. The lowest BCUT2D eigenvalue weighted by Gasteiger charge is -2.27. The average molecular weight is 475 g/mol. The van der Waals surface area contributed by atoms with Crippen molar-refractivity contribution in [2.75, 3.05) is 13.2 Å². The summed E-state index contributed by atoms with van der Waals surface area (Å²) in [5, 5.41) is 0.991. The molecule has 1 saturated heterocycles. The zero-order chi connectivity index (χ0) is 20.1. The summed E-state index contributed by atoms with van der Waals surface area (Å²) in [5.74, 6) is -0.185. The third-order valence-electron chi connectivity index (χ3n) is 5.52. The van der Waals surface area contributed by atoms with E-state index in [4.69, 9.17) is 20.8 Å². The molecule has 2 aromatic carbocycles. The van der Waals surface area contributed by atoms with Crippen LogP contribution in [0.3, 0.4) is 0 Å². The Labute approximate surface area is 180 Å². The Hall–Kier alpha value is -2.15. The quantitative estimate of drug-likeness (QED) is 0.540. The van der Waals surface area contributed by atoms with Gasteiger partial charge in [-0.3, -0.25) is 9.59 Å². The van der Waals surface area contributed by atoms with E-state index in [1.165, 1.54) is 0 Å². The van der Waals surface area contributed by atoms with Gasteiger partial charge in [0.05, 0.1) is 23.1 Å². The van der Waals surface area contributed by atoms with Crippen LogP contribution in [0.5, 0.6) is 0 Å². The third kappa shape index (κ3) is 3.19. The largest absolute Gasteiger partial charge is 0.450 e. The van der Waals surface area contributed by atoms with E-state index in [0.717, 1.165) is 22.9 Å². The number of nitrogens with zero attached hydrogens (tertiary/aromatic N) is 1. The number of carbonyl (C=O) groups is 1. The van der Waals surface area contributed by atoms with Crippen LogP contribution in [0.1, 0.15) is 40.6 Å². The predicted octanol–water partition coefficient (Wildman–Crippen LogP) is 4.93. The van der Waals surface area contributed by atoms with Crippen LogP contribution in [0, 0.1) is 0 Å². The summed E-state index contributed by atoms with van der Waals surface area (Å²) in [7, 11) is 0. The lowest BCUT2D eigenvalue weighted by atomic mass is 9.98. The Morgan fingerprint density at radius 2 is 2.03 bits per heavy atom. The first-order valence-electron chi connectivity index (χ1n) is 9.47. The van der Waals surface area contributed by atoms with E-state index in [2.05, 4.69) is 15.9 Å². The monoisotopic (exact) mass is 473 g/mol. The van der Waals surface area contributed by atoms with Gasteiger partial charge in [0.2, 0.25) is 5.76 Å². The first-order chi connectivity index (χ1) is 14.0. The third-order valence-corrected chi connectivity index (χ3v) is 6.24. The molecule has 2 atom stereocenters. The topological polar surface area (TPSA) is 59.8 Å². The first-order valence-corrected chi connectivity index (χ1v) is 10.6. The van der Waals surface area contributed by atoms with Crippen molar-refractivity contribution in [3.63, 3.8) is 0 Å². The number of hydrogen-bond donors (Lipinski definition) is 0. The minimum Gasteiger partial charge on any atom is -0.450 e. The molecular weight excluding hydrogens is 458 g/mol. The second-order valence-corrected chi connectivity index (χ2v) is 8.72. The van der Waals surface area contributed by atoms with Crippen molar-refractivity contribution in [3.8, 4) is 0 Å². The molecule has 7 heteroatoms. The van der Waals surface area contributed by atoms with Crippen LogP contribution in [-0.2, 0) is 4.74 Å². The van der Waals surface area contributed by atoms with Crippen molar-refractivity contribution in [1.82, 2.24) is 4.90 Å². The molecule has 0 spiro atoms. The molecule has 5 rings (SSSR count). The van der Waals surface area contributed by atoms with Crippen LogP contribution >= 0.6 is 27.5 Å². The Kier molecular flexibility index (Phi) is 4.73. The molecular formula is C22H17BrClNO4. The summed E-state index contributed by atoms with van der Waals surface area (Å²) in [6, 6.07) is 11.9. The smallest absolute Gasteiger partial charge is 0.291 e. The van der Waals surface area contributed by atoms with Crippen molar-refractivity contribution in [2.24, 2.45) is 0 Å². The predicted molar refractivity (Wildman–Crippen MR) is 113 cm³/mol. The summed E-state index contributed by atoms with van der Waals surface area (Å²) >= 11 is 9.63. The fourth-order valence-corrected chi connectivity index (χ4v) is 4.77. The standard InChI is InChI=1S/C22H17BrClNO4/c23-13-6-7-17-16(10-13)20(26)18-19(12-3-1-4-14(24)9-12)25(22(27)21(18)29-17)11-15-5-2-8-28-15/h1,3-4,6-7,9-10,15,19H,2,5,8,11H2/t15-,19-/m1/s1. The van der Waals surface area contributed by atoms with Crippen LogP contribution in [0.4, 0.5) is 0 Å². The highest BCUT2D eigenvalue weighted by molar-refractivity contribution is 9.10. The second-order valence-electron chi connectivity index (χ2n) is 7.36. The molecule has 3 aromatic rings. The van der Waals surface area contributed by atoms with Gasteiger partial charge in [-0.05, 0) is 48.7 Å². The molecule has 0 unspecified atom stereocenters. The molecule has 3 heterocycles. The van der Waals surface area contributed by atoms with E-state index in [1.54, 1.807) is 35.2 Å². The van der Waals surface area contributed by atoms with Crippen LogP contribution in [0.2, 0.25) is 5.02 Å². The van der Waals surface area contributed by atoms with E-state index in [0.29, 0.717) is 34.7 Å². The van der Waals surface area contributed by atoms with E-state index < -0.39 is 6.04 Å². The average Bonchev–Trinajstić information content (AvgIpc) is 3.31. The Morgan fingerprint density at radius 3 is 2.79 bits per heavy atom. The highest BCUT2D eigenvalue weighted by atomic mass is 79.9. The molecule has 2 aliphatic heterocycles. The second kappa shape index (κ2) is 7.27. The lowest BCUT2D eigenvalue weighted by molar-refractivity contribution is 0.0486. The van der Waals surface area contributed by atoms with Gasteiger partial charge >= 0.3 is 0 Å². The fourth-order valence-electron chi connectivity index (χ4n) is 4.21. The molecule has 0 saturated carbocycles. The van der Waals surface area contributed by atoms with Crippen molar-refractivity contribution < 1.29 is 13.9 Å². The van der Waals surface area contributed by atoms with Crippen LogP contribution in [0.15, 0.2) is 56.1 Å². The SMILES string of the molecule is O=C1c2oc3ccc(Br)cc3c(=O)c2[C@@H](c2cccc(Cl)c2)N1C[C@H]1CCCO1. The van der Waals surface area contributed by atoms with Gasteiger partial charge in [-0.2, -0.15) is 0 Å². The van der Waals surface area contributed by atoms with Crippen LogP contribution in [-0.4, -0.2) is 30.1 Å². The fraction of sp³-hybridized carbons (Fsp3) is 0.273. The van der Waals surface area contributed by atoms with Crippen molar-refractivity contribution in [1.29, 1.82) is 0 Å². The molecule has 1 amide bonds. The summed E-state index contributed by atoms with van der Waals surface area (Å²) in [5.41, 5.74) is 1.34. The van der Waals surface area contributed by atoms with E-state index >= 15 is 0 Å². The van der Waals surface area contributed by atoms with Gasteiger partial charge in [0, 0.05) is 22.6 Å². The molecule has 1 aromatic heterocycles. The van der Waals surface area contributed by atoms with E-state index in [9.17, 15) is 9.59 Å². The number of amides is 1.